The van der Waals surface area contributed by atoms with E-state index in [4.69, 9.17) is 9.15 Å². The highest BCUT2D eigenvalue weighted by molar-refractivity contribution is 5.96. The molecule has 1 aliphatic rings. The lowest BCUT2D eigenvalue weighted by atomic mass is 10.0. The van der Waals surface area contributed by atoms with Crippen molar-refractivity contribution in [3.05, 3.63) is 89.6 Å². The van der Waals surface area contributed by atoms with Crippen LogP contribution >= 0.6 is 0 Å². The number of carbonyl (C=O) groups excluding carboxylic acids is 2. The maximum absolute atomic E-state index is 14.6. The fourth-order valence-corrected chi connectivity index (χ4v) is 4.27. The van der Waals surface area contributed by atoms with Gasteiger partial charge in [-0.2, -0.15) is 0 Å². The molecule has 0 aliphatic heterocycles. The third-order valence-electron chi connectivity index (χ3n) is 5.96. The van der Waals surface area contributed by atoms with E-state index in [2.05, 4.69) is 5.32 Å². The second-order valence-electron chi connectivity index (χ2n) is 8.17. The molecule has 1 fully saturated rings. The summed E-state index contributed by atoms with van der Waals surface area (Å²) in [4.78, 5) is 28.5. The topological polar surface area (TPSA) is 71.8 Å². The molecule has 0 bridgehead atoms. The summed E-state index contributed by atoms with van der Waals surface area (Å²) in [5, 5.41) is 3.10. The van der Waals surface area contributed by atoms with Crippen LogP contribution in [-0.2, 0) is 11.3 Å². The van der Waals surface area contributed by atoms with Gasteiger partial charge in [-0.1, -0.05) is 43.2 Å². The van der Waals surface area contributed by atoms with E-state index in [9.17, 15) is 14.0 Å². The average Bonchev–Trinajstić information content (AvgIpc) is 3.54. The van der Waals surface area contributed by atoms with Crippen molar-refractivity contribution in [2.45, 2.75) is 44.3 Å². The molecule has 172 valence electrons. The predicted molar refractivity (Wildman–Crippen MR) is 121 cm³/mol. The monoisotopic (exact) mass is 450 g/mol. The van der Waals surface area contributed by atoms with Crippen LogP contribution in [-0.4, -0.2) is 29.9 Å². The molecule has 1 heterocycles. The number of ether oxygens (including phenoxy) is 1. The number of rotatable bonds is 8. The van der Waals surface area contributed by atoms with Crippen LogP contribution in [0, 0.1) is 5.82 Å². The molecule has 1 aliphatic carbocycles. The molecule has 1 aromatic heterocycles. The second-order valence-corrected chi connectivity index (χ2v) is 8.17. The zero-order valence-electron chi connectivity index (χ0n) is 18.5. The number of furan rings is 1. The maximum atomic E-state index is 14.6. The first-order chi connectivity index (χ1) is 16.1. The minimum Gasteiger partial charge on any atom is -0.497 e. The molecule has 0 saturated heterocycles. The number of methoxy groups -OCH3 is 1. The number of halogens is 1. The molecule has 1 saturated carbocycles. The van der Waals surface area contributed by atoms with Crippen LogP contribution < -0.4 is 10.1 Å². The van der Waals surface area contributed by atoms with E-state index in [1.807, 2.05) is 0 Å². The highest BCUT2D eigenvalue weighted by Gasteiger charge is 2.35. The number of benzene rings is 2. The van der Waals surface area contributed by atoms with Crippen LogP contribution in [0.3, 0.4) is 0 Å². The van der Waals surface area contributed by atoms with Crippen LogP contribution in [0.15, 0.2) is 71.3 Å². The van der Waals surface area contributed by atoms with Gasteiger partial charge in [0, 0.05) is 11.6 Å². The summed E-state index contributed by atoms with van der Waals surface area (Å²) in [6.45, 7) is -0.105. The van der Waals surface area contributed by atoms with E-state index < -0.39 is 17.8 Å². The van der Waals surface area contributed by atoms with E-state index in [1.54, 1.807) is 48.5 Å². The van der Waals surface area contributed by atoms with Crippen LogP contribution in [0.2, 0.25) is 0 Å². The average molecular weight is 451 g/mol. The van der Waals surface area contributed by atoms with Gasteiger partial charge in [-0.25, -0.2) is 4.39 Å². The largest absolute Gasteiger partial charge is 0.497 e. The summed E-state index contributed by atoms with van der Waals surface area (Å²) in [5.74, 6) is -0.630. The van der Waals surface area contributed by atoms with Gasteiger partial charge in [0.1, 0.15) is 17.6 Å². The van der Waals surface area contributed by atoms with Crippen molar-refractivity contribution in [2.75, 3.05) is 7.11 Å². The summed E-state index contributed by atoms with van der Waals surface area (Å²) in [7, 11) is 1.54. The van der Waals surface area contributed by atoms with Crippen molar-refractivity contribution in [3.8, 4) is 5.75 Å². The SMILES string of the molecule is COc1cccc([C@H](C(=O)NC2CCCC2)N(Cc2ccccc2F)C(=O)c2ccco2)c1. The van der Waals surface area contributed by atoms with E-state index >= 15 is 0 Å². The first kappa shape index (κ1) is 22.6. The third kappa shape index (κ3) is 5.25. The molecule has 3 aromatic rings. The van der Waals surface area contributed by atoms with Gasteiger partial charge < -0.3 is 19.4 Å². The zero-order valence-corrected chi connectivity index (χ0v) is 18.5. The van der Waals surface area contributed by atoms with Crippen LogP contribution in [0.1, 0.15) is 53.4 Å². The van der Waals surface area contributed by atoms with E-state index in [0.29, 0.717) is 16.9 Å². The fraction of sp³-hybridized carbons (Fsp3) is 0.308. The standard InChI is InChI=1S/C26H27FN2O4/c1-32-21-12-6-9-18(16-21)24(25(30)28-20-10-3-4-11-20)29(26(31)23-14-7-15-33-23)17-19-8-2-5-13-22(19)27/h2,5-9,12-16,20,24H,3-4,10-11,17H2,1H3,(H,28,30)/t24-/m1/s1. The molecule has 6 nitrogen and oxygen atoms in total. The molecule has 0 radical (unpaired) electrons. The molecule has 33 heavy (non-hydrogen) atoms. The predicted octanol–water partition coefficient (Wildman–Crippen LogP) is 4.87. The molecule has 2 aromatic carbocycles. The normalized spacial score (nSPS) is 14.6. The number of hydrogen-bond donors (Lipinski definition) is 1. The number of nitrogens with one attached hydrogen (secondary N) is 1. The Balaban J connectivity index is 1.77. The van der Waals surface area contributed by atoms with Crippen LogP contribution in [0.4, 0.5) is 4.39 Å². The lowest BCUT2D eigenvalue weighted by molar-refractivity contribution is -0.126. The quantitative estimate of drug-likeness (QED) is 0.532. The smallest absolute Gasteiger partial charge is 0.290 e. The van der Waals surface area contributed by atoms with Crippen LogP contribution in [0.5, 0.6) is 5.75 Å². The van der Waals surface area contributed by atoms with Gasteiger partial charge in [0.2, 0.25) is 5.91 Å². The minimum atomic E-state index is -1.00. The van der Waals surface area contributed by atoms with Gasteiger partial charge >= 0.3 is 0 Å². The molecule has 7 heteroatoms. The number of nitrogens with zero attached hydrogens (tertiary/aromatic N) is 1. The lowest BCUT2D eigenvalue weighted by Gasteiger charge is -2.32. The Hall–Kier alpha value is -3.61. The van der Waals surface area contributed by atoms with Gasteiger partial charge in [-0.15, -0.1) is 0 Å². The highest BCUT2D eigenvalue weighted by Crippen LogP contribution is 2.30. The fourth-order valence-electron chi connectivity index (χ4n) is 4.27. The number of amides is 2. The number of hydrogen-bond acceptors (Lipinski definition) is 4. The highest BCUT2D eigenvalue weighted by atomic mass is 19.1. The van der Waals surface area contributed by atoms with Crippen LogP contribution in [0.25, 0.3) is 0 Å². The Labute approximate surface area is 192 Å². The van der Waals surface area contributed by atoms with Gasteiger partial charge in [0.15, 0.2) is 5.76 Å². The van der Waals surface area contributed by atoms with Gasteiger partial charge in [0.25, 0.3) is 5.91 Å². The first-order valence-corrected chi connectivity index (χ1v) is 11.1. The second kappa shape index (κ2) is 10.3. The third-order valence-corrected chi connectivity index (χ3v) is 5.96. The van der Waals surface area contributed by atoms with E-state index in [0.717, 1.165) is 25.7 Å². The van der Waals surface area contributed by atoms with Gasteiger partial charge in [0.05, 0.1) is 19.9 Å². The molecule has 2 amide bonds. The molecule has 0 unspecified atom stereocenters. The summed E-state index contributed by atoms with van der Waals surface area (Å²) in [5.41, 5.74) is 0.875. The summed E-state index contributed by atoms with van der Waals surface area (Å²) in [6.07, 6.45) is 5.30. The van der Waals surface area contributed by atoms with Crippen molar-refractivity contribution in [2.24, 2.45) is 0 Å². The van der Waals surface area contributed by atoms with Crippen molar-refractivity contribution < 1.29 is 23.1 Å². The van der Waals surface area contributed by atoms with Crippen molar-refractivity contribution in [1.82, 2.24) is 10.2 Å². The summed E-state index contributed by atoms with van der Waals surface area (Å²) >= 11 is 0. The van der Waals surface area contributed by atoms with E-state index in [1.165, 1.54) is 30.4 Å². The molecule has 4 rings (SSSR count). The number of carbonyl (C=O) groups is 2. The Morgan fingerprint density at radius 1 is 1.12 bits per heavy atom. The van der Waals surface area contributed by atoms with Gasteiger partial charge in [-0.3, -0.25) is 9.59 Å². The molecule has 1 N–H and O–H groups in total. The molecule has 0 spiro atoms. The van der Waals surface area contributed by atoms with E-state index in [-0.39, 0.29) is 24.3 Å². The molecular formula is C26H27FN2O4. The van der Waals surface area contributed by atoms with Gasteiger partial charge in [-0.05, 0) is 48.7 Å². The zero-order chi connectivity index (χ0) is 23.2. The minimum absolute atomic E-state index is 0.0552. The summed E-state index contributed by atoms with van der Waals surface area (Å²) in [6, 6.07) is 15.5. The Morgan fingerprint density at radius 3 is 2.61 bits per heavy atom. The molecule has 1 atom stereocenters. The Bertz CT molecular complexity index is 1090. The van der Waals surface area contributed by atoms with Crippen molar-refractivity contribution >= 4 is 11.8 Å². The molecular weight excluding hydrogens is 423 g/mol. The van der Waals surface area contributed by atoms with Crippen molar-refractivity contribution in [1.29, 1.82) is 0 Å². The summed E-state index contributed by atoms with van der Waals surface area (Å²) < 4.78 is 25.3. The maximum Gasteiger partial charge on any atom is 0.290 e. The lowest BCUT2D eigenvalue weighted by Crippen LogP contribution is -2.46. The Morgan fingerprint density at radius 2 is 1.91 bits per heavy atom. The van der Waals surface area contributed by atoms with Crippen molar-refractivity contribution in [3.63, 3.8) is 0 Å². The Kier molecular flexibility index (Phi) is 7.07. The first-order valence-electron chi connectivity index (χ1n) is 11.1.